The van der Waals surface area contributed by atoms with Gasteiger partial charge in [0.25, 0.3) is 0 Å². The summed E-state index contributed by atoms with van der Waals surface area (Å²) in [5.41, 5.74) is 4.88. The second kappa shape index (κ2) is 5.92. The lowest BCUT2D eigenvalue weighted by atomic mass is 9.97. The maximum atomic E-state index is 6.21. The number of benzene rings is 1. The molecule has 0 N–H and O–H groups in total. The summed E-state index contributed by atoms with van der Waals surface area (Å²) in [5.74, 6) is 0. The largest absolute Gasteiger partial charge is 0.323 e. The van der Waals surface area contributed by atoms with Gasteiger partial charge in [-0.25, -0.2) is 0 Å². The molecule has 0 unspecified atom stereocenters. The Morgan fingerprint density at radius 3 is 2.90 bits per heavy atom. The van der Waals surface area contributed by atoms with Gasteiger partial charge >= 0.3 is 0 Å². The molecule has 0 aliphatic carbocycles. The molecule has 2 nitrogen and oxygen atoms in total. The van der Waals surface area contributed by atoms with Gasteiger partial charge in [-0.05, 0) is 62.0 Å². The summed E-state index contributed by atoms with van der Waals surface area (Å²) in [5, 5.41) is 0.778. The highest BCUT2D eigenvalue weighted by Crippen LogP contribution is 2.33. The molecule has 21 heavy (non-hydrogen) atoms. The van der Waals surface area contributed by atoms with Crippen LogP contribution in [0.4, 0.5) is 0 Å². The van der Waals surface area contributed by atoms with Crippen LogP contribution in [0, 0.1) is 0 Å². The van der Waals surface area contributed by atoms with E-state index >= 15 is 0 Å². The second-order valence-corrected chi connectivity index (χ2v) is 5.99. The Balaban J connectivity index is 2.09. The zero-order valence-electron chi connectivity index (χ0n) is 12.4. The average Bonchev–Trinajstić information content (AvgIpc) is 2.85. The third-order valence-corrected chi connectivity index (χ3v) is 3.93. The molecular formula is C18H19ClN2. The highest BCUT2D eigenvalue weighted by molar-refractivity contribution is 6.30. The van der Waals surface area contributed by atoms with E-state index in [0.717, 1.165) is 18.0 Å². The molecule has 1 aromatic carbocycles. The molecule has 2 heterocycles. The lowest BCUT2D eigenvalue weighted by Crippen LogP contribution is -2.12. The van der Waals surface area contributed by atoms with E-state index in [1.807, 2.05) is 6.07 Å². The number of aromatic nitrogens is 1. The van der Waals surface area contributed by atoms with E-state index in [9.17, 15) is 0 Å². The molecular weight excluding hydrogens is 280 g/mol. The van der Waals surface area contributed by atoms with Crippen molar-refractivity contribution < 1.29 is 0 Å². The molecule has 0 saturated heterocycles. The zero-order valence-corrected chi connectivity index (χ0v) is 13.1. The minimum atomic E-state index is 0.778. The predicted molar refractivity (Wildman–Crippen MR) is 91.4 cm³/mol. The molecule has 1 aliphatic heterocycles. The van der Waals surface area contributed by atoms with E-state index in [4.69, 9.17) is 11.6 Å². The molecule has 0 bridgehead atoms. The maximum Gasteiger partial charge on any atom is 0.0525 e. The highest BCUT2D eigenvalue weighted by atomic mass is 35.5. The Morgan fingerprint density at radius 2 is 2.10 bits per heavy atom. The molecule has 3 rings (SSSR count). The van der Waals surface area contributed by atoms with Crippen molar-refractivity contribution in [3.63, 3.8) is 0 Å². The van der Waals surface area contributed by atoms with Crippen molar-refractivity contribution in [1.29, 1.82) is 0 Å². The molecule has 0 saturated carbocycles. The number of fused-ring (bicyclic) bond motifs is 2. The molecule has 1 aromatic heterocycles. The van der Waals surface area contributed by atoms with Crippen LogP contribution >= 0.6 is 11.6 Å². The minimum Gasteiger partial charge on any atom is -0.323 e. The molecule has 3 heteroatoms. The van der Waals surface area contributed by atoms with Gasteiger partial charge in [-0.15, -0.1) is 0 Å². The third-order valence-electron chi connectivity index (χ3n) is 3.70. The Hall–Kier alpha value is -1.77. The van der Waals surface area contributed by atoms with Gasteiger partial charge in [0.15, 0.2) is 0 Å². The van der Waals surface area contributed by atoms with Crippen LogP contribution in [0.5, 0.6) is 0 Å². The van der Waals surface area contributed by atoms with Crippen LogP contribution in [0.1, 0.15) is 23.2 Å². The topological polar surface area (TPSA) is 8.17 Å². The number of halogens is 1. The van der Waals surface area contributed by atoms with Crippen molar-refractivity contribution in [3.8, 4) is 0 Å². The Kier molecular flexibility index (Phi) is 4.00. The smallest absolute Gasteiger partial charge is 0.0525 e. The van der Waals surface area contributed by atoms with Gasteiger partial charge in [0, 0.05) is 29.5 Å². The van der Waals surface area contributed by atoms with Crippen molar-refractivity contribution in [2.24, 2.45) is 0 Å². The molecule has 0 amide bonds. The Morgan fingerprint density at radius 1 is 1.24 bits per heavy atom. The fourth-order valence-corrected chi connectivity index (χ4v) is 2.81. The van der Waals surface area contributed by atoms with Crippen molar-refractivity contribution in [3.05, 3.63) is 64.4 Å². The molecule has 2 aromatic rings. The van der Waals surface area contributed by atoms with Gasteiger partial charge in [0.05, 0.1) is 5.69 Å². The first kappa shape index (κ1) is 14.2. The lowest BCUT2D eigenvalue weighted by molar-refractivity contribution is 0.417. The Labute approximate surface area is 131 Å². The standard InChI is InChI=1S/C18H19ClN2/c1-20(2)10-3-5-16-17-13-15(19)8-7-14(17)9-12-21-11-4-6-18(16)21/h4-9,11-13H,3,10H2,1-2H3/b16-5-. The summed E-state index contributed by atoms with van der Waals surface area (Å²) in [6.45, 7) is 1.04. The number of rotatable bonds is 3. The summed E-state index contributed by atoms with van der Waals surface area (Å²) in [6, 6.07) is 10.3. The molecule has 0 spiro atoms. The first-order chi connectivity index (χ1) is 10.1. The summed E-state index contributed by atoms with van der Waals surface area (Å²) < 4.78 is 2.16. The fraction of sp³-hybridized carbons (Fsp3) is 0.222. The van der Waals surface area contributed by atoms with E-state index in [1.165, 1.54) is 22.4 Å². The van der Waals surface area contributed by atoms with Crippen molar-refractivity contribution in [2.45, 2.75) is 6.42 Å². The van der Waals surface area contributed by atoms with Gasteiger partial charge in [0.2, 0.25) is 0 Å². The van der Waals surface area contributed by atoms with Crippen LogP contribution in [0.2, 0.25) is 5.02 Å². The van der Waals surface area contributed by atoms with E-state index in [1.54, 1.807) is 0 Å². The lowest BCUT2D eigenvalue weighted by Gasteiger charge is -2.12. The second-order valence-electron chi connectivity index (χ2n) is 5.56. The maximum absolute atomic E-state index is 6.21. The first-order valence-corrected chi connectivity index (χ1v) is 7.53. The zero-order chi connectivity index (χ0) is 14.8. The molecule has 0 fully saturated rings. The first-order valence-electron chi connectivity index (χ1n) is 7.15. The van der Waals surface area contributed by atoms with Crippen LogP contribution in [-0.4, -0.2) is 30.1 Å². The monoisotopic (exact) mass is 298 g/mol. The van der Waals surface area contributed by atoms with E-state index in [-0.39, 0.29) is 0 Å². The molecule has 108 valence electrons. The predicted octanol–water partition coefficient (Wildman–Crippen LogP) is 4.47. The number of hydrogen-bond donors (Lipinski definition) is 0. The summed E-state index contributed by atoms with van der Waals surface area (Å²) in [6.07, 6.45) is 9.66. The van der Waals surface area contributed by atoms with Crippen LogP contribution in [0.25, 0.3) is 17.8 Å². The molecule has 0 atom stereocenters. The van der Waals surface area contributed by atoms with Gasteiger partial charge in [-0.3, -0.25) is 0 Å². The van der Waals surface area contributed by atoms with Crippen LogP contribution in [0.15, 0.2) is 42.6 Å². The van der Waals surface area contributed by atoms with Gasteiger partial charge in [-0.1, -0.05) is 23.7 Å². The van der Waals surface area contributed by atoms with E-state index in [2.05, 4.69) is 72.4 Å². The van der Waals surface area contributed by atoms with Crippen LogP contribution in [-0.2, 0) is 0 Å². The SMILES string of the molecule is CN(C)CC/C=C1/c2cc(Cl)ccc2C=Cn2cccc21. The fourth-order valence-electron chi connectivity index (χ4n) is 2.64. The quantitative estimate of drug-likeness (QED) is 0.693. The Bertz CT molecular complexity index is 708. The highest BCUT2D eigenvalue weighted by Gasteiger charge is 2.15. The van der Waals surface area contributed by atoms with Crippen molar-refractivity contribution in [1.82, 2.24) is 9.47 Å². The van der Waals surface area contributed by atoms with Gasteiger partial charge in [-0.2, -0.15) is 0 Å². The van der Waals surface area contributed by atoms with Crippen LogP contribution < -0.4 is 0 Å². The normalized spacial score (nSPS) is 15.1. The van der Waals surface area contributed by atoms with Crippen molar-refractivity contribution >= 4 is 29.5 Å². The minimum absolute atomic E-state index is 0.778. The van der Waals surface area contributed by atoms with Crippen molar-refractivity contribution in [2.75, 3.05) is 20.6 Å². The summed E-state index contributed by atoms with van der Waals surface area (Å²) in [4.78, 5) is 2.20. The summed E-state index contributed by atoms with van der Waals surface area (Å²) >= 11 is 6.21. The van der Waals surface area contributed by atoms with E-state index < -0.39 is 0 Å². The third kappa shape index (κ3) is 2.97. The number of nitrogens with zero attached hydrogens (tertiary/aromatic N) is 2. The number of hydrogen-bond acceptors (Lipinski definition) is 1. The van der Waals surface area contributed by atoms with Gasteiger partial charge in [0.1, 0.15) is 0 Å². The van der Waals surface area contributed by atoms with Gasteiger partial charge < -0.3 is 9.47 Å². The molecule has 0 radical (unpaired) electrons. The molecule has 1 aliphatic rings. The van der Waals surface area contributed by atoms with Crippen LogP contribution in [0.3, 0.4) is 0 Å². The van der Waals surface area contributed by atoms with E-state index in [0.29, 0.717) is 0 Å². The average molecular weight is 299 g/mol. The summed E-state index contributed by atoms with van der Waals surface area (Å²) in [7, 11) is 4.20.